The predicted octanol–water partition coefficient (Wildman–Crippen LogP) is 1.51. The molecule has 2 rings (SSSR count). The van der Waals surface area contributed by atoms with Crippen LogP contribution in [0.5, 0.6) is 0 Å². The van der Waals surface area contributed by atoms with Crippen molar-refractivity contribution < 1.29 is 0 Å². The number of hydrogen-bond acceptors (Lipinski definition) is 1. The van der Waals surface area contributed by atoms with Gasteiger partial charge in [0.1, 0.15) is 0 Å². The van der Waals surface area contributed by atoms with Crippen molar-refractivity contribution in [1.82, 2.24) is 10.3 Å². The zero-order valence-corrected chi connectivity index (χ0v) is 6.64. The highest BCUT2D eigenvalue weighted by Crippen LogP contribution is 2.27. The largest absolute Gasteiger partial charge is 0.364 e. The van der Waals surface area contributed by atoms with E-state index in [1.165, 1.54) is 25.1 Å². The fourth-order valence-electron chi connectivity index (χ4n) is 1.21. The summed E-state index contributed by atoms with van der Waals surface area (Å²) in [6, 6.07) is 4.15. The number of hydrogen-bond donors (Lipinski definition) is 2. The van der Waals surface area contributed by atoms with Crippen molar-refractivity contribution in [2.45, 2.75) is 19.4 Å². The van der Waals surface area contributed by atoms with Crippen LogP contribution in [0, 0.1) is 5.92 Å². The molecule has 0 saturated heterocycles. The SMILES string of the molecule is c1c[nH]c(CNCC2CC2)c1. The molecule has 0 spiro atoms. The highest BCUT2D eigenvalue weighted by Gasteiger charge is 2.19. The topological polar surface area (TPSA) is 27.8 Å². The Balaban J connectivity index is 1.66. The molecule has 2 N–H and O–H groups in total. The second-order valence-electron chi connectivity index (χ2n) is 3.27. The Kier molecular flexibility index (Phi) is 1.95. The van der Waals surface area contributed by atoms with Crippen LogP contribution in [0.15, 0.2) is 18.3 Å². The van der Waals surface area contributed by atoms with Crippen LogP contribution < -0.4 is 5.32 Å². The van der Waals surface area contributed by atoms with Crippen LogP contribution >= 0.6 is 0 Å². The molecule has 0 unspecified atom stereocenters. The van der Waals surface area contributed by atoms with Gasteiger partial charge >= 0.3 is 0 Å². The Morgan fingerprint density at radius 2 is 2.45 bits per heavy atom. The van der Waals surface area contributed by atoms with Gasteiger partial charge in [0.25, 0.3) is 0 Å². The second kappa shape index (κ2) is 3.09. The first-order chi connectivity index (χ1) is 5.45. The molecule has 1 fully saturated rings. The third-order valence-electron chi connectivity index (χ3n) is 2.11. The van der Waals surface area contributed by atoms with E-state index in [4.69, 9.17) is 0 Å². The Labute approximate surface area is 67.0 Å². The molecule has 1 aliphatic carbocycles. The summed E-state index contributed by atoms with van der Waals surface area (Å²) in [5.41, 5.74) is 1.28. The molecule has 1 heterocycles. The lowest BCUT2D eigenvalue weighted by Gasteiger charge is -1.99. The van der Waals surface area contributed by atoms with Gasteiger partial charge in [-0.25, -0.2) is 0 Å². The van der Waals surface area contributed by atoms with Crippen molar-refractivity contribution >= 4 is 0 Å². The molecule has 60 valence electrons. The molecule has 0 amide bonds. The molecule has 0 bridgehead atoms. The van der Waals surface area contributed by atoms with Gasteiger partial charge in [0.05, 0.1) is 0 Å². The van der Waals surface area contributed by atoms with Crippen molar-refractivity contribution in [3.63, 3.8) is 0 Å². The maximum Gasteiger partial charge on any atom is 0.0357 e. The molecule has 0 aliphatic heterocycles. The number of nitrogens with one attached hydrogen (secondary N) is 2. The molecular weight excluding hydrogens is 136 g/mol. The summed E-state index contributed by atoms with van der Waals surface area (Å²) < 4.78 is 0. The van der Waals surface area contributed by atoms with Crippen molar-refractivity contribution in [3.05, 3.63) is 24.0 Å². The lowest BCUT2D eigenvalue weighted by molar-refractivity contribution is 0.632. The van der Waals surface area contributed by atoms with E-state index in [9.17, 15) is 0 Å². The average molecular weight is 150 g/mol. The van der Waals surface area contributed by atoms with E-state index in [0.29, 0.717) is 0 Å². The summed E-state index contributed by atoms with van der Waals surface area (Å²) in [6.45, 7) is 2.18. The monoisotopic (exact) mass is 150 g/mol. The van der Waals surface area contributed by atoms with Gasteiger partial charge in [-0.1, -0.05) is 0 Å². The van der Waals surface area contributed by atoms with Gasteiger partial charge in [-0.3, -0.25) is 0 Å². The number of aromatic amines is 1. The van der Waals surface area contributed by atoms with E-state index in [1.54, 1.807) is 0 Å². The van der Waals surface area contributed by atoms with Crippen LogP contribution in [0.3, 0.4) is 0 Å². The number of rotatable bonds is 4. The first kappa shape index (κ1) is 6.92. The van der Waals surface area contributed by atoms with Gasteiger partial charge < -0.3 is 10.3 Å². The predicted molar refractivity (Wildman–Crippen MR) is 45.2 cm³/mol. The summed E-state index contributed by atoms with van der Waals surface area (Å²) >= 11 is 0. The maximum absolute atomic E-state index is 3.42. The van der Waals surface area contributed by atoms with Crippen molar-refractivity contribution in [2.75, 3.05) is 6.54 Å². The summed E-state index contributed by atoms with van der Waals surface area (Å²) in [5.74, 6) is 0.977. The van der Waals surface area contributed by atoms with Gasteiger partial charge in [0, 0.05) is 18.4 Å². The van der Waals surface area contributed by atoms with Crippen molar-refractivity contribution in [2.24, 2.45) is 5.92 Å². The van der Waals surface area contributed by atoms with Gasteiger partial charge in [0.2, 0.25) is 0 Å². The van der Waals surface area contributed by atoms with Crippen LogP contribution in [0.2, 0.25) is 0 Å². The second-order valence-corrected chi connectivity index (χ2v) is 3.27. The third-order valence-corrected chi connectivity index (χ3v) is 2.11. The zero-order chi connectivity index (χ0) is 7.52. The third kappa shape index (κ3) is 2.09. The van der Waals surface area contributed by atoms with Crippen LogP contribution in [-0.4, -0.2) is 11.5 Å². The maximum atomic E-state index is 3.42. The van der Waals surface area contributed by atoms with E-state index in [1.807, 2.05) is 12.3 Å². The van der Waals surface area contributed by atoms with Gasteiger partial charge in [-0.05, 0) is 37.4 Å². The molecule has 2 nitrogen and oxygen atoms in total. The van der Waals surface area contributed by atoms with Crippen molar-refractivity contribution in [3.8, 4) is 0 Å². The van der Waals surface area contributed by atoms with Crippen LogP contribution in [0.25, 0.3) is 0 Å². The van der Waals surface area contributed by atoms with E-state index >= 15 is 0 Å². The van der Waals surface area contributed by atoms with E-state index < -0.39 is 0 Å². The Morgan fingerprint density at radius 1 is 1.55 bits per heavy atom. The first-order valence-corrected chi connectivity index (χ1v) is 4.28. The standard InChI is InChI=1S/C9H14N2/c1-2-9(11-5-1)7-10-6-8-3-4-8/h1-2,5,8,10-11H,3-4,6-7H2. The fraction of sp³-hybridized carbons (Fsp3) is 0.556. The first-order valence-electron chi connectivity index (χ1n) is 4.28. The Bertz CT molecular complexity index is 199. The van der Waals surface area contributed by atoms with Gasteiger partial charge in [0.15, 0.2) is 0 Å². The normalized spacial score (nSPS) is 17.1. The van der Waals surface area contributed by atoms with E-state index in [-0.39, 0.29) is 0 Å². The van der Waals surface area contributed by atoms with Crippen LogP contribution in [0.1, 0.15) is 18.5 Å². The minimum absolute atomic E-state index is 0.977. The molecule has 0 aromatic carbocycles. The summed E-state index contributed by atoms with van der Waals surface area (Å²) in [7, 11) is 0. The highest BCUT2D eigenvalue weighted by molar-refractivity contribution is 5.02. The molecule has 2 heteroatoms. The minimum atomic E-state index is 0.977. The molecule has 1 aliphatic rings. The zero-order valence-electron chi connectivity index (χ0n) is 6.64. The Hall–Kier alpha value is -0.760. The number of aromatic nitrogens is 1. The molecule has 0 atom stereocenters. The smallest absolute Gasteiger partial charge is 0.0357 e. The minimum Gasteiger partial charge on any atom is -0.364 e. The lowest BCUT2D eigenvalue weighted by atomic mass is 10.4. The molecular formula is C9H14N2. The van der Waals surface area contributed by atoms with Crippen molar-refractivity contribution in [1.29, 1.82) is 0 Å². The summed E-state index contributed by atoms with van der Waals surface area (Å²) in [5, 5.41) is 3.42. The highest BCUT2D eigenvalue weighted by atomic mass is 14.9. The van der Waals surface area contributed by atoms with Gasteiger partial charge in [-0.2, -0.15) is 0 Å². The summed E-state index contributed by atoms with van der Waals surface area (Å²) in [6.07, 6.45) is 4.82. The van der Waals surface area contributed by atoms with E-state index in [2.05, 4.69) is 16.4 Å². The van der Waals surface area contributed by atoms with E-state index in [0.717, 1.165) is 12.5 Å². The molecule has 0 radical (unpaired) electrons. The molecule has 1 saturated carbocycles. The van der Waals surface area contributed by atoms with Crippen LogP contribution in [-0.2, 0) is 6.54 Å². The lowest BCUT2D eigenvalue weighted by Crippen LogP contribution is -2.16. The molecule has 1 aromatic rings. The summed E-state index contributed by atoms with van der Waals surface area (Å²) in [4.78, 5) is 3.17. The quantitative estimate of drug-likeness (QED) is 0.669. The fourth-order valence-corrected chi connectivity index (χ4v) is 1.21. The molecule has 1 aromatic heterocycles. The number of H-pyrrole nitrogens is 1. The Morgan fingerprint density at radius 3 is 3.09 bits per heavy atom. The van der Waals surface area contributed by atoms with Gasteiger partial charge in [-0.15, -0.1) is 0 Å². The average Bonchev–Trinajstić information content (AvgIpc) is 2.66. The molecule has 11 heavy (non-hydrogen) atoms. The van der Waals surface area contributed by atoms with Crippen LogP contribution in [0.4, 0.5) is 0 Å².